The minimum Gasteiger partial charge on any atom is -0.486 e. The van der Waals surface area contributed by atoms with Gasteiger partial charge in [0.25, 0.3) is 15.9 Å². The van der Waals surface area contributed by atoms with Crippen LogP contribution in [0.1, 0.15) is 29.8 Å². The van der Waals surface area contributed by atoms with E-state index in [-0.39, 0.29) is 40.5 Å². The summed E-state index contributed by atoms with van der Waals surface area (Å²) in [5.74, 6) is -0.394. The van der Waals surface area contributed by atoms with Gasteiger partial charge in [0.2, 0.25) is 0 Å². The van der Waals surface area contributed by atoms with Gasteiger partial charge in [-0.2, -0.15) is 8.42 Å². The summed E-state index contributed by atoms with van der Waals surface area (Å²) in [4.78, 5) is 21.3. The third kappa shape index (κ3) is 6.72. The third-order valence-electron chi connectivity index (χ3n) is 6.82. The van der Waals surface area contributed by atoms with E-state index < -0.39 is 22.2 Å². The summed E-state index contributed by atoms with van der Waals surface area (Å²) in [6, 6.07) is 9.74. The van der Waals surface area contributed by atoms with Crippen molar-refractivity contribution >= 4 is 44.8 Å². The highest BCUT2D eigenvalue weighted by Gasteiger charge is 2.35. The van der Waals surface area contributed by atoms with Gasteiger partial charge in [-0.3, -0.25) is 14.4 Å². The van der Waals surface area contributed by atoms with Crippen molar-refractivity contribution in [2.45, 2.75) is 37.6 Å². The van der Waals surface area contributed by atoms with Gasteiger partial charge in [-0.05, 0) is 43.8 Å². The Morgan fingerprint density at radius 3 is 2.65 bits per heavy atom. The quantitative estimate of drug-likeness (QED) is 0.378. The number of hydrogen-bond donors (Lipinski definition) is 2. The molecule has 3 atom stereocenters. The molecule has 1 amide bonds. The van der Waals surface area contributed by atoms with Crippen LogP contribution in [-0.2, 0) is 23.6 Å². The number of fused-ring (bicyclic) bond motifs is 1. The van der Waals surface area contributed by atoms with Gasteiger partial charge in [0, 0.05) is 38.8 Å². The first-order chi connectivity index (χ1) is 18.9. The second kappa shape index (κ2) is 12.4. The normalized spacial score (nSPS) is 18.6. The van der Waals surface area contributed by atoms with Gasteiger partial charge in [0.05, 0.1) is 40.3 Å². The van der Waals surface area contributed by atoms with Crippen LogP contribution in [-0.4, -0.2) is 77.7 Å². The van der Waals surface area contributed by atoms with Crippen LogP contribution in [0.5, 0.6) is 5.75 Å². The number of imidazole rings is 1. The maximum atomic E-state index is 13.7. The highest BCUT2D eigenvalue weighted by atomic mass is 35.5. The predicted molar refractivity (Wildman–Crippen MR) is 154 cm³/mol. The molecule has 0 bridgehead atoms. The first-order valence-corrected chi connectivity index (χ1v) is 15.0. The number of likely N-dealkylation sites (N-methyl/N-ethyl adjacent to an activating group) is 1. The molecule has 4 rings (SSSR count). The van der Waals surface area contributed by atoms with Crippen molar-refractivity contribution in [3.05, 3.63) is 70.1 Å². The Kier molecular flexibility index (Phi) is 9.31. The van der Waals surface area contributed by atoms with Crippen LogP contribution in [0.4, 0.5) is 5.69 Å². The number of nitrogens with zero attached hydrogens (tertiary/aromatic N) is 4. The lowest BCUT2D eigenvalue weighted by Crippen LogP contribution is -2.49. The summed E-state index contributed by atoms with van der Waals surface area (Å²) >= 11 is 12.3. The van der Waals surface area contributed by atoms with Crippen LogP contribution in [0, 0.1) is 5.92 Å². The van der Waals surface area contributed by atoms with Gasteiger partial charge in [-0.1, -0.05) is 42.3 Å². The topological polar surface area (TPSA) is 117 Å². The molecule has 2 N–H and O–H groups in total. The molecule has 3 aromatic rings. The van der Waals surface area contributed by atoms with Gasteiger partial charge in [-0.15, -0.1) is 0 Å². The molecule has 216 valence electrons. The highest BCUT2D eigenvalue weighted by molar-refractivity contribution is 7.92. The van der Waals surface area contributed by atoms with Crippen molar-refractivity contribution in [2.24, 2.45) is 13.0 Å². The summed E-state index contributed by atoms with van der Waals surface area (Å²) in [6.07, 6.45) is 2.34. The second-order valence-corrected chi connectivity index (χ2v) is 12.7. The minimum atomic E-state index is -4.06. The van der Waals surface area contributed by atoms with Gasteiger partial charge < -0.3 is 19.3 Å². The number of rotatable bonds is 9. The molecule has 0 aliphatic carbocycles. The lowest BCUT2D eigenvalue weighted by Gasteiger charge is -2.38. The number of aromatic nitrogens is 2. The molecule has 40 heavy (non-hydrogen) atoms. The molecule has 0 unspecified atom stereocenters. The fraction of sp³-hybridized carbons (Fsp3) is 0.407. The molecule has 2 heterocycles. The van der Waals surface area contributed by atoms with Crippen molar-refractivity contribution in [3.63, 3.8) is 0 Å². The number of anilines is 1. The van der Waals surface area contributed by atoms with Crippen molar-refractivity contribution in [2.75, 3.05) is 31.5 Å². The average Bonchev–Trinajstić information content (AvgIpc) is 3.35. The summed E-state index contributed by atoms with van der Waals surface area (Å²) in [6.45, 7) is 4.87. The molecule has 0 saturated heterocycles. The first kappa shape index (κ1) is 30.1. The molecule has 0 radical (unpaired) electrons. The maximum Gasteiger partial charge on any atom is 0.281 e. The molecule has 0 fully saturated rings. The summed E-state index contributed by atoms with van der Waals surface area (Å²) in [5.41, 5.74) is 1.29. The van der Waals surface area contributed by atoms with Gasteiger partial charge in [0.1, 0.15) is 6.10 Å². The maximum absolute atomic E-state index is 13.7. The molecule has 1 aliphatic rings. The van der Waals surface area contributed by atoms with Crippen LogP contribution >= 0.6 is 23.2 Å². The van der Waals surface area contributed by atoms with E-state index in [0.717, 1.165) is 5.56 Å². The number of aliphatic hydroxyl groups excluding tert-OH is 1. The molecule has 13 heteroatoms. The molecule has 10 nitrogen and oxygen atoms in total. The number of halogens is 2. The Morgan fingerprint density at radius 2 is 2.00 bits per heavy atom. The summed E-state index contributed by atoms with van der Waals surface area (Å²) in [5, 5.41) is 10.7. The Balaban J connectivity index is 1.69. The monoisotopic (exact) mass is 609 g/mol. The number of carbonyl (C=O) groups excluding carboxylic acids is 1. The van der Waals surface area contributed by atoms with E-state index in [9.17, 15) is 18.3 Å². The van der Waals surface area contributed by atoms with Crippen molar-refractivity contribution in [3.8, 4) is 5.75 Å². The predicted octanol–water partition coefficient (Wildman–Crippen LogP) is 3.88. The van der Waals surface area contributed by atoms with Gasteiger partial charge in [-0.25, -0.2) is 4.98 Å². The standard InChI is InChI=1S/C27H33Cl2N5O5S/c1-17-11-34(18(2)15-35)27(36)20-6-5-7-23(31-40(37,38)25-14-33(4)16-30-25)26(20)39-24(17)13-32(3)12-19-8-9-21(28)22(29)10-19/h5-10,14,16-18,24,31,35H,11-13,15H2,1-4H3/t17-,18+,24+/m1/s1. The zero-order valence-corrected chi connectivity index (χ0v) is 25.0. The van der Waals surface area contributed by atoms with Crippen molar-refractivity contribution in [1.82, 2.24) is 19.4 Å². The smallest absolute Gasteiger partial charge is 0.281 e. The number of nitrogens with one attached hydrogen (secondary N) is 1. The number of benzene rings is 2. The van der Waals surface area contributed by atoms with Crippen LogP contribution in [0.3, 0.4) is 0 Å². The number of hydrogen-bond acceptors (Lipinski definition) is 7. The number of aliphatic hydroxyl groups is 1. The van der Waals surface area contributed by atoms with E-state index in [1.54, 1.807) is 43.1 Å². The van der Waals surface area contributed by atoms with Gasteiger partial charge >= 0.3 is 0 Å². The van der Waals surface area contributed by atoms with E-state index in [2.05, 4.69) is 14.6 Å². The van der Waals surface area contributed by atoms with E-state index >= 15 is 0 Å². The molecular formula is C27H33Cl2N5O5S. The molecule has 0 saturated carbocycles. The van der Waals surface area contributed by atoms with Crippen molar-refractivity contribution in [1.29, 1.82) is 0 Å². The Labute approximate surface area is 244 Å². The minimum absolute atomic E-state index is 0.124. The lowest BCUT2D eigenvalue weighted by molar-refractivity contribution is 0.0344. The highest BCUT2D eigenvalue weighted by Crippen LogP contribution is 2.36. The van der Waals surface area contributed by atoms with E-state index in [1.807, 2.05) is 26.1 Å². The molecule has 2 aromatic carbocycles. The SMILES string of the molecule is C[C@@H]1CN([C@@H](C)CO)C(=O)c2cccc(NS(=O)(=O)c3cn(C)cn3)c2O[C@H]1CN(C)Cc1ccc(Cl)c(Cl)c1. The molecule has 0 spiro atoms. The Morgan fingerprint density at radius 1 is 1.25 bits per heavy atom. The summed E-state index contributed by atoms with van der Waals surface area (Å²) < 4.78 is 36.8. The lowest BCUT2D eigenvalue weighted by atomic mass is 9.99. The van der Waals surface area contributed by atoms with Crippen LogP contribution in [0.2, 0.25) is 10.0 Å². The van der Waals surface area contributed by atoms with Gasteiger partial charge in [0.15, 0.2) is 10.8 Å². The van der Waals surface area contributed by atoms with Crippen LogP contribution in [0.25, 0.3) is 0 Å². The number of para-hydroxylation sites is 1. The third-order valence-corrected chi connectivity index (χ3v) is 8.81. The fourth-order valence-electron chi connectivity index (χ4n) is 4.59. The van der Waals surface area contributed by atoms with E-state index in [4.69, 9.17) is 27.9 Å². The zero-order valence-electron chi connectivity index (χ0n) is 22.7. The number of carbonyl (C=O) groups is 1. The van der Waals surface area contributed by atoms with Crippen LogP contribution < -0.4 is 9.46 Å². The Bertz CT molecular complexity index is 1480. The number of ether oxygens (including phenoxy) is 1. The number of aryl methyl sites for hydroxylation is 1. The van der Waals surface area contributed by atoms with E-state index in [1.165, 1.54) is 17.1 Å². The number of sulfonamides is 1. The Hall–Kier alpha value is -2.83. The number of amides is 1. The average molecular weight is 611 g/mol. The molecule has 1 aliphatic heterocycles. The van der Waals surface area contributed by atoms with Crippen LogP contribution in [0.15, 0.2) is 53.9 Å². The first-order valence-electron chi connectivity index (χ1n) is 12.7. The fourth-order valence-corrected chi connectivity index (χ4v) is 5.95. The molecular weight excluding hydrogens is 577 g/mol. The largest absolute Gasteiger partial charge is 0.486 e. The van der Waals surface area contributed by atoms with E-state index in [0.29, 0.717) is 29.7 Å². The van der Waals surface area contributed by atoms with Crippen molar-refractivity contribution < 1.29 is 23.1 Å². The zero-order chi connectivity index (χ0) is 29.2. The molecule has 1 aromatic heterocycles. The second-order valence-electron chi connectivity index (χ2n) is 10.2. The summed E-state index contributed by atoms with van der Waals surface area (Å²) in [7, 11) is -0.454.